The highest BCUT2D eigenvalue weighted by Crippen LogP contribution is 2.64. The van der Waals surface area contributed by atoms with Gasteiger partial charge in [0.05, 0.1) is 33.8 Å². The molecule has 4 aromatic rings. The molecule has 15 heteroatoms. The number of alkyl halides is 3. The third-order valence-electron chi connectivity index (χ3n) is 10.8. The molecule has 3 aromatic carbocycles. The van der Waals surface area contributed by atoms with E-state index in [-0.39, 0.29) is 29.5 Å². The lowest BCUT2D eigenvalue weighted by atomic mass is 9.49. The van der Waals surface area contributed by atoms with E-state index in [1.165, 1.54) is 6.07 Å². The van der Waals surface area contributed by atoms with Gasteiger partial charge in [0.25, 0.3) is 23.6 Å². The molecule has 0 bridgehead atoms. The summed E-state index contributed by atoms with van der Waals surface area (Å²) in [6.07, 6.45) is -2.48. The minimum absolute atomic E-state index is 0.0379. The maximum atomic E-state index is 15.3. The predicted molar refractivity (Wildman–Crippen MR) is 176 cm³/mol. The van der Waals surface area contributed by atoms with Crippen LogP contribution in [0.25, 0.3) is 10.8 Å². The number of aromatic nitrogens is 1. The molecule has 51 heavy (non-hydrogen) atoms. The summed E-state index contributed by atoms with van der Waals surface area (Å²) in [7, 11) is 0. The molecular weight excluding hydrogens is 712 g/mol. The van der Waals surface area contributed by atoms with Gasteiger partial charge in [-0.2, -0.15) is 23.2 Å². The fraction of sp³-hybridized carbons (Fsp3) is 0.250. The van der Waals surface area contributed by atoms with Crippen LogP contribution in [0.15, 0.2) is 84.6 Å². The monoisotopic (exact) mass is 736 g/mol. The molecule has 2 aliphatic carbocycles. The standard InChI is InChI=1S/C36H25Cl2F3N4O6/c37-18-7-5-16(6-8-18)35-25(32(48)44(34(35)50)43-30-26(38)13-17(15-42-30)36(39,40)41)14-24-22(9-10-23-28(24)33(49)45(51)31(23)47)29(35)21-11-12-27(46)20-4-2-1-3-19(20)21/h1-9,11-13,15,23-25,28-29,46,51H,10,14H2,(H,42,43). The van der Waals surface area contributed by atoms with Crippen molar-refractivity contribution in [3.05, 3.63) is 111 Å². The van der Waals surface area contributed by atoms with Crippen molar-refractivity contribution in [1.82, 2.24) is 15.1 Å². The molecule has 6 unspecified atom stereocenters. The molecule has 3 fully saturated rings. The summed E-state index contributed by atoms with van der Waals surface area (Å²) in [5.74, 6) is -8.49. The number of fused-ring (bicyclic) bond motifs is 5. The number of halogens is 5. The molecule has 0 spiro atoms. The Hall–Kier alpha value is -4.98. The Morgan fingerprint density at radius 2 is 1.61 bits per heavy atom. The highest BCUT2D eigenvalue weighted by Gasteiger charge is 2.70. The first-order valence-corrected chi connectivity index (χ1v) is 16.6. The number of carbonyl (C=O) groups excluding carboxylic acids is 4. The van der Waals surface area contributed by atoms with E-state index in [1.54, 1.807) is 60.7 Å². The summed E-state index contributed by atoms with van der Waals surface area (Å²) in [6.45, 7) is 0. The van der Waals surface area contributed by atoms with Crippen molar-refractivity contribution in [1.29, 1.82) is 0 Å². The van der Waals surface area contributed by atoms with E-state index in [4.69, 9.17) is 23.2 Å². The summed E-state index contributed by atoms with van der Waals surface area (Å²) in [5, 5.41) is 23.0. The molecule has 10 nitrogen and oxygen atoms in total. The van der Waals surface area contributed by atoms with Gasteiger partial charge in [0.2, 0.25) is 0 Å². The summed E-state index contributed by atoms with van der Waals surface area (Å²) in [4.78, 5) is 60.2. The largest absolute Gasteiger partial charge is 0.507 e. The number of aromatic hydroxyl groups is 1. The number of hydrogen-bond donors (Lipinski definition) is 3. The summed E-state index contributed by atoms with van der Waals surface area (Å²) >= 11 is 12.5. The Kier molecular flexibility index (Phi) is 7.50. The normalized spacial score (nSPS) is 27.4. The van der Waals surface area contributed by atoms with Crippen LogP contribution < -0.4 is 5.43 Å². The van der Waals surface area contributed by atoms with E-state index in [2.05, 4.69) is 10.4 Å². The summed E-state index contributed by atoms with van der Waals surface area (Å²) in [6, 6.07) is 17.1. The number of hydrogen-bond acceptors (Lipinski definition) is 8. The molecule has 260 valence electrons. The van der Waals surface area contributed by atoms with Gasteiger partial charge < -0.3 is 5.11 Å². The van der Waals surface area contributed by atoms with E-state index >= 15 is 4.79 Å². The lowest BCUT2D eigenvalue weighted by molar-refractivity contribution is -0.173. The van der Waals surface area contributed by atoms with E-state index in [0.717, 1.165) is 0 Å². The Bertz CT molecular complexity index is 2230. The first kappa shape index (κ1) is 33.2. The van der Waals surface area contributed by atoms with Crippen LogP contribution >= 0.6 is 23.2 Å². The lowest BCUT2D eigenvalue weighted by Crippen LogP contribution is -2.53. The van der Waals surface area contributed by atoms with Crippen LogP contribution in [0, 0.1) is 23.7 Å². The second-order valence-electron chi connectivity index (χ2n) is 13.1. The van der Waals surface area contributed by atoms with Gasteiger partial charge in [-0.05, 0) is 59.5 Å². The van der Waals surface area contributed by atoms with Crippen LogP contribution in [0.3, 0.4) is 0 Å². The van der Waals surface area contributed by atoms with Gasteiger partial charge in [-0.1, -0.05) is 77.3 Å². The third kappa shape index (κ3) is 4.71. The van der Waals surface area contributed by atoms with Crippen LogP contribution in [0.2, 0.25) is 10.0 Å². The number of phenolic OH excluding ortho intramolecular Hbond substituents is 1. The van der Waals surface area contributed by atoms with E-state index in [0.29, 0.717) is 49.8 Å². The number of phenols is 1. The molecule has 3 N–H and O–H groups in total. The Morgan fingerprint density at radius 1 is 0.902 bits per heavy atom. The number of rotatable bonds is 4. The van der Waals surface area contributed by atoms with Gasteiger partial charge in [0, 0.05) is 22.5 Å². The number of anilines is 1. The molecule has 2 aliphatic heterocycles. The third-order valence-corrected chi connectivity index (χ3v) is 11.3. The van der Waals surface area contributed by atoms with Crippen molar-refractivity contribution in [2.75, 3.05) is 5.43 Å². The lowest BCUT2D eigenvalue weighted by Gasteiger charge is -2.50. The second-order valence-corrected chi connectivity index (χ2v) is 14.0. The van der Waals surface area contributed by atoms with Crippen molar-refractivity contribution in [3.63, 3.8) is 0 Å². The molecule has 2 saturated heterocycles. The van der Waals surface area contributed by atoms with Gasteiger partial charge in [-0.3, -0.25) is 29.8 Å². The number of amides is 4. The topological polar surface area (TPSA) is 140 Å². The molecule has 8 rings (SSSR count). The molecule has 0 radical (unpaired) electrons. The van der Waals surface area contributed by atoms with Gasteiger partial charge in [-0.25, -0.2) is 4.98 Å². The minimum Gasteiger partial charge on any atom is -0.507 e. The molecule has 6 atom stereocenters. The van der Waals surface area contributed by atoms with Crippen molar-refractivity contribution in [2.24, 2.45) is 23.7 Å². The number of allylic oxidation sites excluding steroid dienone is 2. The van der Waals surface area contributed by atoms with Gasteiger partial charge >= 0.3 is 6.18 Å². The molecule has 1 saturated carbocycles. The fourth-order valence-electron chi connectivity index (χ4n) is 8.67. The van der Waals surface area contributed by atoms with Crippen LogP contribution in [0.5, 0.6) is 5.75 Å². The number of pyridine rings is 1. The first-order valence-electron chi connectivity index (χ1n) is 15.9. The average Bonchev–Trinajstić information content (AvgIpc) is 3.46. The molecular formula is C36H25Cl2F3N4O6. The van der Waals surface area contributed by atoms with Crippen LogP contribution in [-0.2, 0) is 30.8 Å². The maximum Gasteiger partial charge on any atom is 0.417 e. The summed E-state index contributed by atoms with van der Waals surface area (Å²) < 4.78 is 40.3. The minimum atomic E-state index is -4.76. The summed E-state index contributed by atoms with van der Waals surface area (Å²) in [5.41, 5.74) is 1.19. The van der Waals surface area contributed by atoms with Crippen molar-refractivity contribution in [3.8, 4) is 5.75 Å². The zero-order valence-corrected chi connectivity index (χ0v) is 27.6. The Labute approximate surface area is 297 Å². The Balaban J connectivity index is 1.38. The number of hydrazine groups is 1. The van der Waals surface area contributed by atoms with E-state index in [1.807, 2.05) is 0 Å². The van der Waals surface area contributed by atoms with Gasteiger partial charge in [0.1, 0.15) is 5.75 Å². The Morgan fingerprint density at radius 3 is 2.29 bits per heavy atom. The zero-order chi connectivity index (χ0) is 36.1. The fourth-order valence-corrected chi connectivity index (χ4v) is 9.00. The second kappa shape index (κ2) is 11.5. The zero-order valence-electron chi connectivity index (χ0n) is 26.1. The van der Waals surface area contributed by atoms with Crippen molar-refractivity contribution in [2.45, 2.75) is 30.4 Å². The van der Waals surface area contributed by atoms with Crippen LogP contribution in [0.4, 0.5) is 19.0 Å². The van der Waals surface area contributed by atoms with Crippen LogP contribution in [0.1, 0.15) is 35.4 Å². The quantitative estimate of drug-likeness (QED) is 0.120. The number of carbonyl (C=O) groups is 4. The highest BCUT2D eigenvalue weighted by molar-refractivity contribution is 6.33. The maximum absolute atomic E-state index is 15.3. The highest BCUT2D eigenvalue weighted by atomic mass is 35.5. The predicted octanol–water partition coefficient (Wildman–Crippen LogP) is 6.64. The van der Waals surface area contributed by atoms with Crippen molar-refractivity contribution >= 4 is 63.4 Å². The number of imide groups is 2. The molecule has 3 heterocycles. The first-order chi connectivity index (χ1) is 24.2. The SMILES string of the molecule is O=C1C2CC=C3C(CC4C(=O)N(Nc5ncc(C(F)(F)F)cc5Cl)C(=O)C4(c4ccc(Cl)cc4)C3c3ccc(O)c4ccccc34)C2C(=O)N1O. The number of hydroxylamine groups is 2. The van der Waals surface area contributed by atoms with E-state index < -0.39 is 75.4 Å². The number of nitrogens with one attached hydrogen (secondary N) is 1. The smallest absolute Gasteiger partial charge is 0.417 e. The van der Waals surface area contributed by atoms with Crippen molar-refractivity contribution < 1.29 is 42.7 Å². The molecule has 4 amide bonds. The molecule has 4 aliphatic rings. The molecule has 1 aromatic heterocycles. The van der Waals surface area contributed by atoms with Crippen LogP contribution in [-0.4, -0.2) is 49.0 Å². The average molecular weight is 738 g/mol. The van der Waals surface area contributed by atoms with E-state index in [9.17, 15) is 37.9 Å². The van der Waals surface area contributed by atoms with Gasteiger partial charge in [0.15, 0.2) is 5.82 Å². The van der Waals surface area contributed by atoms with Gasteiger partial charge in [-0.15, -0.1) is 0 Å². The number of benzene rings is 3. The number of nitrogens with zero attached hydrogens (tertiary/aromatic N) is 3.